The molecule has 2 aromatic rings. The summed E-state index contributed by atoms with van der Waals surface area (Å²) in [6.07, 6.45) is 4.83. The number of carbonyl (C=O) groups excluding carboxylic acids is 3. The van der Waals surface area contributed by atoms with Gasteiger partial charge in [0.15, 0.2) is 14.1 Å². The van der Waals surface area contributed by atoms with E-state index in [1.807, 2.05) is 102 Å². The molecule has 0 unspecified atom stereocenters. The number of ether oxygens (including phenoxy) is 3. The van der Waals surface area contributed by atoms with Crippen LogP contribution in [0.15, 0.2) is 66.7 Å². The van der Waals surface area contributed by atoms with E-state index in [1.165, 1.54) is 0 Å². The van der Waals surface area contributed by atoms with Crippen LogP contribution in [0.3, 0.4) is 0 Å². The molecule has 0 fully saturated rings. The first-order valence-electron chi connectivity index (χ1n) is 18.8. The van der Waals surface area contributed by atoms with Crippen molar-refractivity contribution in [1.29, 1.82) is 0 Å². The second-order valence-electron chi connectivity index (χ2n) is 17.0. The van der Waals surface area contributed by atoms with Crippen molar-refractivity contribution in [2.75, 3.05) is 13.7 Å². The van der Waals surface area contributed by atoms with E-state index in [-0.39, 0.29) is 46.8 Å². The largest absolute Gasteiger partial charge is 0.497 e. The lowest BCUT2D eigenvalue weighted by Crippen LogP contribution is -2.47. The van der Waals surface area contributed by atoms with Crippen LogP contribution in [0.2, 0.25) is 18.1 Å². The van der Waals surface area contributed by atoms with Crippen molar-refractivity contribution in [3.05, 3.63) is 77.9 Å². The molecule has 6 atom stereocenters. The van der Waals surface area contributed by atoms with Gasteiger partial charge in [-0.15, -0.1) is 0 Å². The molecule has 52 heavy (non-hydrogen) atoms. The van der Waals surface area contributed by atoms with Gasteiger partial charge in [0.2, 0.25) is 0 Å². The highest BCUT2D eigenvalue weighted by Crippen LogP contribution is 2.38. The van der Waals surface area contributed by atoms with Gasteiger partial charge in [-0.3, -0.25) is 4.79 Å². The molecule has 0 spiro atoms. The van der Waals surface area contributed by atoms with Crippen LogP contribution in [0.5, 0.6) is 5.75 Å². The molecular weight excluding hydrogens is 671 g/mol. The lowest BCUT2D eigenvalue weighted by atomic mass is 9.92. The molecular formula is C43H67NO7Si. The molecule has 0 aliphatic heterocycles. The Labute approximate surface area is 315 Å². The zero-order valence-corrected chi connectivity index (χ0v) is 35.2. The number of carbonyl (C=O) groups is 3. The van der Waals surface area contributed by atoms with Crippen molar-refractivity contribution in [2.45, 2.75) is 137 Å². The van der Waals surface area contributed by atoms with Gasteiger partial charge in [-0.25, -0.2) is 4.79 Å². The Bertz CT molecular complexity index is 1410. The number of allylic oxidation sites excluding steroid dienone is 1. The number of hydrogen-bond acceptors (Lipinski definition) is 7. The molecule has 0 saturated heterocycles. The average molecular weight is 738 g/mol. The summed E-state index contributed by atoms with van der Waals surface area (Å²) in [5.74, 6) is 0.562. The smallest absolute Gasteiger partial charge is 0.410 e. The van der Waals surface area contributed by atoms with Crippen molar-refractivity contribution in [3.63, 3.8) is 0 Å². The third kappa shape index (κ3) is 15.0. The highest BCUT2D eigenvalue weighted by atomic mass is 28.4. The third-order valence-electron chi connectivity index (χ3n) is 9.94. The molecule has 9 heteroatoms. The topological polar surface area (TPSA) is 91.4 Å². The molecule has 0 aliphatic rings. The molecule has 0 bridgehead atoms. The van der Waals surface area contributed by atoms with E-state index in [1.54, 1.807) is 18.1 Å². The summed E-state index contributed by atoms with van der Waals surface area (Å²) in [7, 11) is -0.672. The van der Waals surface area contributed by atoms with Crippen LogP contribution in [0.25, 0.3) is 0 Å². The van der Waals surface area contributed by atoms with Gasteiger partial charge in [-0.05, 0) is 99.8 Å². The Balaban J connectivity index is 2.32. The van der Waals surface area contributed by atoms with Gasteiger partial charge in [0.05, 0.1) is 32.0 Å². The lowest BCUT2D eigenvalue weighted by Gasteiger charge is -2.41. The Morgan fingerprint density at radius 2 is 1.48 bits per heavy atom. The summed E-state index contributed by atoms with van der Waals surface area (Å²) in [5, 5.41) is -0.0718. The maximum atomic E-state index is 13.8. The number of ketones is 1. The first-order chi connectivity index (χ1) is 24.2. The Morgan fingerprint density at radius 3 is 2.02 bits per heavy atom. The predicted molar refractivity (Wildman–Crippen MR) is 213 cm³/mol. The Kier molecular flexibility index (Phi) is 17.5. The standard InChI is InChI=1S/C43H67NO7Si/c1-31(25-26-45)28-40(49-30-35-19-21-37(48-11)22-20-35)39(51-52(12,13)43(8,9)10)24-23-38(46)33(3)27-32(2)29-44(41(47)50-42(5,6)7)34(4)36-17-15-14-16-18-36/h14-24,26,31-34,39-40H,25,27-30H2,1-13H3/b24-23+/t31-,32-,33+,34+,39+,40-/m0/s1. The minimum Gasteiger partial charge on any atom is -0.497 e. The van der Waals surface area contributed by atoms with Gasteiger partial charge in [0, 0.05) is 18.9 Å². The zero-order chi connectivity index (χ0) is 39.3. The fourth-order valence-electron chi connectivity index (χ4n) is 5.74. The monoisotopic (exact) mass is 737 g/mol. The van der Waals surface area contributed by atoms with E-state index >= 15 is 0 Å². The fourth-order valence-corrected chi connectivity index (χ4v) is 7.01. The summed E-state index contributed by atoms with van der Waals surface area (Å²) < 4.78 is 24.7. The van der Waals surface area contributed by atoms with Crippen molar-refractivity contribution < 1.29 is 33.0 Å². The summed E-state index contributed by atoms with van der Waals surface area (Å²) in [6.45, 7) is 25.4. The van der Waals surface area contributed by atoms with E-state index < -0.39 is 20.0 Å². The van der Waals surface area contributed by atoms with E-state index in [9.17, 15) is 14.4 Å². The number of nitrogens with zero attached hydrogens (tertiary/aromatic N) is 1. The summed E-state index contributed by atoms with van der Waals surface area (Å²) in [6, 6.07) is 17.5. The molecule has 0 heterocycles. The molecule has 0 N–H and O–H groups in total. The summed E-state index contributed by atoms with van der Waals surface area (Å²) >= 11 is 0. The Hall–Kier alpha value is -3.27. The number of methoxy groups -OCH3 is 1. The van der Waals surface area contributed by atoms with E-state index in [2.05, 4.69) is 40.8 Å². The van der Waals surface area contributed by atoms with Crippen molar-refractivity contribution in [2.24, 2.45) is 17.8 Å². The number of hydrogen-bond donors (Lipinski definition) is 0. The SMILES string of the molecule is COc1ccc(CO[C@@H](C[C@@H](C)CC=O)[C@@H](/C=C/C(=O)[C@H](C)C[C@H](C)CN(C(=O)OC(C)(C)C)[C@H](C)c2ccccc2)O[Si](C)(C)C(C)(C)C)cc1. The van der Waals surface area contributed by atoms with Crippen LogP contribution in [0.4, 0.5) is 4.79 Å². The van der Waals surface area contributed by atoms with Crippen LogP contribution in [0, 0.1) is 17.8 Å². The Morgan fingerprint density at radius 1 is 0.865 bits per heavy atom. The van der Waals surface area contributed by atoms with Gasteiger partial charge < -0.3 is 28.3 Å². The summed E-state index contributed by atoms with van der Waals surface area (Å²) in [5.41, 5.74) is 1.38. The van der Waals surface area contributed by atoms with Gasteiger partial charge >= 0.3 is 6.09 Å². The van der Waals surface area contributed by atoms with Crippen molar-refractivity contribution in [1.82, 2.24) is 4.90 Å². The van der Waals surface area contributed by atoms with Crippen LogP contribution in [-0.4, -0.2) is 62.8 Å². The van der Waals surface area contributed by atoms with Crippen LogP contribution >= 0.6 is 0 Å². The zero-order valence-electron chi connectivity index (χ0n) is 34.2. The van der Waals surface area contributed by atoms with E-state index in [4.69, 9.17) is 18.6 Å². The second-order valence-corrected chi connectivity index (χ2v) is 21.8. The molecule has 0 aliphatic carbocycles. The van der Waals surface area contributed by atoms with Crippen molar-refractivity contribution >= 4 is 26.5 Å². The molecule has 0 radical (unpaired) electrons. The van der Waals surface area contributed by atoms with Crippen LogP contribution < -0.4 is 4.74 Å². The molecule has 1 amide bonds. The minimum absolute atomic E-state index is 0.00884. The lowest BCUT2D eigenvalue weighted by molar-refractivity contribution is -0.118. The number of amides is 1. The quantitative estimate of drug-likeness (QED) is 0.0759. The predicted octanol–water partition coefficient (Wildman–Crippen LogP) is 10.4. The maximum Gasteiger partial charge on any atom is 0.410 e. The molecule has 0 saturated carbocycles. The second kappa shape index (κ2) is 20.3. The van der Waals surface area contributed by atoms with Crippen LogP contribution in [0.1, 0.15) is 106 Å². The molecule has 2 rings (SSSR count). The third-order valence-corrected chi connectivity index (χ3v) is 14.4. The summed E-state index contributed by atoms with van der Waals surface area (Å²) in [4.78, 5) is 40.4. The minimum atomic E-state index is -2.31. The average Bonchev–Trinajstić information content (AvgIpc) is 3.06. The highest BCUT2D eigenvalue weighted by Gasteiger charge is 2.41. The van der Waals surface area contributed by atoms with E-state index in [0.717, 1.165) is 23.2 Å². The fraction of sp³-hybridized carbons (Fsp3) is 0.605. The molecule has 0 aromatic heterocycles. The number of rotatable bonds is 20. The molecule has 2 aromatic carbocycles. The van der Waals surface area contributed by atoms with Crippen LogP contribution in [-0.2, 0) is 30.1 Å². The van der Waals surface area contributed by atoms with Gasteiger partial charge in [-0.2, -0.15) is 0 Å². The first kappa shape index (κ1) is 44.9. The normalized spacial score (nSPS) is 16.0. The molecule has 290 valence electrons. The number of aldehydes is 1. The maximum absolute atomic E-state index is 13.8. The molecule has 8 nitrogen and oxygen atoms in total. The first-order valence-corrected chi connectivity index (χ1v) is 21.7. The van der Waals surface area contributed by atoms with Gasteiger partial charge in [-0.1, -0.05) is 90.1 Å². The van der Waals surface area contributed by atoms with Gasteiger partial charge in [0.25, 0.3) is 0 Å². The van der Waals surface area contributed by atoms with Crippen molar-refractivity contribution in [3.8, 4) is 5.75 Å². The number of benzene rings is 2. The van der Waals surface area contributed by atoms with E-state index in [0.29, 0.717) is 32.4 Å². The van der Waals surface area contributed by atoms with Gasteiger partial charge in [0.1, 0.15) is 17.6 Å². The highest BCUT2D eigenvalue weighted by molar-refractivity contribution is 6.74.